The fourth-order valence-electron chi connectivity index (χ4n) is 2.54. The fourth-order valence-corrected chi connectivity index (χ4v) is 3.24. The number of aromatic nitrogens is 1. The number of fused-ring (bicyclic) bond motifs is 1. The molecule has 4 nitrogen and oxygen atoms in total. The molecule has 2 aromatic rings. The zero-order valence-corrected chi connectivity index (χ0v) is 12.1. The number of aryl methyl sites for hydroxylation is 1. The quantitative estimate of drug-likeness (QED) is 0.878. The molecule has 20 heavy (non-hydrogen) atoms. The first kappa shape index (κ1) is 13.1. The van der Waals surface area contributed by atoms with Crippen LogP contribution in [-0.2, 0) is 17.6 Å². The van der Waals surface area contributed by atoms with Crippen LogP contribution in [0.3, 0.4) is 0 Å². The lowest BCUT2D eigenvalue weighted by molar-refractivity contribution is 0.0595. The number of thiazole rings is 1. The summed E-state index contributed by atoms with van der Waals surface area (Å²) >= 11 is 1.42. The molecule has 0 fully saturated rings. The van der Waals surface area contributed by atoms with E-state index < -0.39 is 5.97 Å². The van der Waals surface area contributed by atoms with E-state index in [4.69, 9.17) is 0 Å². The van der Waals surface area contributed by atoms with Crippen LogP contribution in [0, 0.1) is 0 Å². The molecular formula is C15H16N2O2S. The molecule has 0 saturated carbocycles. The summed E-state index contributed by atoms with van der Waals surface area (Å²) in [6.45, 7) is 0. The van der Waals surface area contributed by atoms with E-state index in [1.807, 2.05) is 0 Å². The Hall–Kier alpha value is -1.88. The Kier molecular flexibility index (Phi) is 3.69. The van der Waals surface area contributed by atoms with Gasteiger partial charge in [0.1, 0.15) is 0 Å². The fraction of sp³-hybridized carbons (Fsp3) is 0.333. The highest BCUT2D eigenvalue weighted by atomic mass is 32.1. The van der Waals surface area contributed by atoms with E-state index >= 15 is 0 Å². The zero-order chi connectivity index (χ0) is 13.9. The summed E-state index contributed by atoms with van der Waals surface area (Å²) in [5, 5.41) is 5.77. The standard InChI is InChI=1S/C15H16N2O2S/c1-19-14(18)13-9-20-15(17-13)16-12-8-4-6-10-5-2-3-7-11(10)12/h4,6,8-9H,2-3,5,7H2,1H3,(H,16,17). The van der Waals surface area contributed by atoms with Crippen LogP contribution < -0.4 is 5.32 Å². The molecule has 0 spiro atoms. The van der Waals surface area contributed by atoms with Gasteiger partial charge in [0.05, 0.1) is 7.11 Å². The van der Waals surface area contributed by atoms with E-state index in [2.05, 4.69) is 33.2 Å². The second-order valence-electron chi connectivity index (χ2n) is 4.80. The van der Waals surface area contributed by atoms with Crippen molar-refractivity contribution in [3.63, 3.8) is 0 Å². The number of benzene rings is 1. The van der Waals surface area contributed by atoms with E-state index in [0.29, 0.717) is 5.69 Å². The number of carbonyl (C=O) groups excluding carboxylic acids is 1. The zero-order valence-electron chi connectivity index (χ0n) is 11.3. The lowest BCUT2D eigenvalue weighted by Gasteiger charge is -2.19. The van der Waals surface area contributed by atoms with Crippen molar-refractivity contribution < 1.29 is 9.53 Å². The van der Waals surface area contributed by atoms with E-state index in [0.717, 1.165) is 23.7 Å². The molecule has 1 aliphatic carbocycles. The van der Waals surface area contributed by atoms with Crippen LogP contribution in [0.25, 0.3) is 0 Å². The van der Waals surface area contributed by atoms with Gasteiger partial charge in [-0.1, -0.05) is 12.1 Å². The number of hydrogen-bond acceptors (Lipinski definition) is 5. The van der Waals surface area contributed by atoms with Crippen molar-refractivity contribution in [1.29, 1.82) is 0 Å². The van der Waals surface area contributed by atoms with Crippen LogP contribution in [0.5, 0.6) is 0 Å². The number of hydrogen-bond donors (Lipinski definition) is 1. The molecule has 0 atom stereocenters. The molecule has 104 valence electrons. The highest BCUT2D eigenvalue weighted by molar-refractivity contribution is 7.14. The Morgan fingerprint density at radius 1 is 1.35 bits per heavy atom. The first-order valence-electron chi connectivity index (χ1n) is 6.69. The van der Waals surface area contributed by atoms with Gasteiger partial charge in [-0.2, -0.15) is 0 Å². The van der Waals surface area contributed by atoms with Gasteiger partial charge in [0.2, 0.25) is 0 Å². The minimum Gasteiger partial charge on any atom is -0.464 e. The molecule has 1 aromatic carbocycles. The number of esters is 1. The van der Waals surface area contributed by atoms with Crippen molar-refractivity contribution in [2.24, 2.45) is 0 Å². The second kappa shape index (κ2) is 5.63. The highest BCUT2D eigenvalue weighted by Crippen LogP contribution is 2.30. The molecule has 0 bridgehead atoms. The Morgan fingerprint density at radius 3 is 3.05 bits per heavy atom. The van der Waals surface area contributed by atoms with E-state index in [9.17, 15) is 4.79 Å². The van der Waals surface area contributed by atoms with Gasteiger partial charge in [-0.25, -0.2) is 9.78 Å². The molecule has 0 amide bonds. The highest BCUT2D eigenvalue weighted by Gasteiger charge is 2.15. The first-order valence-corrected chi connectivity index (χ1v) is 7.57. The summed E-state index contributed by atoms with van der Waals surface area (Å²) in [6.07, 6.45) is 4.75. The lowest BCUT2D eigenvalue weighted by Crippen LogP contribution is -2.06. The number of anilines is 2. The van der Waals surface area contributed by atoms with Gasteiger partial charge in [0, 0.05) is 11.1 Å². The Bertz CT molecular complexity index is 637. The van der Waals surface area contributed by atoms with Crippen molar-refractivity contribution in [3.8, 4) is 0 Å². The lowest BCUT2D eigenvalue weighted by atomic mass is 9.90. The summed E-state index contributed by atoms with van der Waals surface area (Å²) in [5.41, 5.74) is 4.26. The van der Waals surface area contributed by atoms with Crippen molar-refractivity contribution >= 4 is 28.1 Å². The van der Waals surface area contributed by atoms with Crippen molar-refractivity contribution in [2.75, 3.05) is 12.4 Å². The number of rotatable bonds is 3. The summed E-state index contributed by atoms with van der Waals surface area (Å²) in [7, 11) is 1.36. The minimum atomic E-state index is -0.399. The third kappa shape index (κ3) is 2.54. The van der Waals surface area contributed by atoms with Gasteiger partial charge in [0.15, 0.2) is 10.8 Å². The van der Waals surface area contributed by atoms with Crippen LogP contribution >= 0.6 is 11.3 Å². The predicted octanol–water partition coefficient (Wildman–Crippen LogP) is 3.55. The third-order valence-corrected chi connectivity index (χ3v) is 4.29. The molecular weight excluding hydrogens is 272 g/mol. The van der Waals surface area contributed by atoms with Crippen LogP contribution in [0.4, 0.5) is 10.8 Å². The number of methoxy groups -OCH3 is 1. The van der Waals surface area contributed by atoms with Crippen LogP contribution in [0.15, 0.2) is 23.6 Å². The maximum absolute atomic E-state index is 11.4. The number of carbonyl (C=O) groups is 1. The summed E-state index contributed by atoms with van der Waals surface area (Å²) < 4.78 is 4.67. The van der Waals surface area contributed by atoms with Crippen molar-refractivity contribution in [1.82, 2.24) is 4.98 Å². The smallest absolute Gasteiger partial charge is 0.357 e. The molecule has 0 radical (unpaired) electrons. The van der Waals surface area contributed by atoms with Gasteiger partial charge >= 0.3 is 5.97 Å². The van der Waals surface area contributed by atoms with Gasteiger partial charge in [-0.05, 0) is 42.9 Å². The van der Waals surface area contributed by atoms with E-state index in [-0.39, 0.29) is 0 Å². The molecule has 0 unspecified atom stereocenters. The average molecular weight is 288 g/mol. The topological polar surface area (TPSA) is 51.2 Å². The Balaban J connectivity index is 1.84. The Labute approximate surface area is 121 Å². The largest absolute Gasteiger partial charge is 0.464 e. The maximum Gasteiger partial charge on any atom is 0.357 e. The molecule has 1 heterocycles. The molecule has 0 saturated heterocycles. The SMILES string of the molecule is COC(=O)c1csc(Nc2cccc3c2CCCC3)n1. The second-order valence-corrected chi connectivity index (χ2v) is 5.66. The Morgan fingerprint density at radius 2 is 2.20 bits per heavy atom. The summed E-state index contributed by atoms with van der Waals surface area (Å²) in [6, 6.07) is 6.34. The van der Waals surface area contributed by atoms with Gasteiger partial charge in [-0.15, -0.1) is 11.3 Å². The van der Waals surface area contributed by atoms with Gasteiger partial charge in [0.25, 0.3) is 0 Å². The van der Waals surface area contributed by atoms with Crippen LogP contribution in [0.1, 0.15) is 34.5 Å². The monoisotopic (exact) mass is 288 g/mol. The summed E-state index contributed by atoms with van der Waals surface area (Å²) in [5.74, 6) is -0.399. The van der Waals surface area contributed by atoms with E-state index in [1.54, 1.807) is 5.38 Å². The number of ether oxygens (including phenoxy) is 1. The molecule has 1 N–H and O–H groups in total. The third-order valence-electron chi connectivity index (χ3n) is 3.54. The summed E-state index contributed by atoms with van der Waals surface area (Å²) in [4.78, 5) is 15.7. The molecule has 3 rings (SSSR count). The first-order chi connectivity index (χ1) is 9.78. The van der Waals surface area contributed by atoms with Crippen LogP contribution in [0.2, 0.25) is 0 Å². The van der Waals surface area contributed by atoms with Crippen molar-refractivity contribution in [3.05, 3.63) is 40.4 Å². The minimum absolute atomic E-state index is 0.352. The van der Waals surface area contributed by atoms with Crippen LogP contribution in [-0.4, -0.2) is 18.1 Å². The average Bonchev–Trinajstić information content (AvgIpc) is 2.95. The predicted molar refractivity (Wildman–Crippen MR) is 79.8 cm³/mol. The molecule has 0 aliphatic heterocycles. The maximum atomic E-state index is 11.4. The van der Waals surface area contributed by atoms with Crippen molar-refractivity contribution in [2.45, 2.75) is 25.7 Å². The normalized spacial score (nSPS) is 13.7. The molecule has 1 aliphatic rings. The van der Waals surface area contributed by atoms with Gasteiger partial charge in [-0.3, -0.25) is 0 Å². The van der Waals surface area contributed by atoms with Gasteiger partial charge < -0.3 is 10.1 Å². The number of nitrogens with one attached hydrogen (secondary N) is 1. The molecule has 5 heteroatoms. The number of nitrogens with zero attached hydrogens (tertiary/aromatic N) is 1. The molecule has 1 aromatic heterocycles. The van der Waals surface area contributed by atoms with E-state index in [1.165, 1.54) is 42.4 Å².